The van der Waals surface area contributed by atoms with Crippen LogP contribution in [-0.4, -0.2) is 47.2 Å². The van der Waals surface area contributed by atoms with Crippen molar-refractivity contribution in [3.05, 3.63) is 54.1 Å². The number of pyridine rings is 1. The van der Waals surface area contributed by atoms with Crippen LogP contribution in [0.25, 0.3) is 0 Å². The van der Waals surface area contributed by atoms with E-state index in [1.807, 2.05) is 0 Å². The van der Waals surface area contributed by atoms with E-state index in [1.54, 1.807) is 36.7 Å². The van der Waals surface area contributed by atoms with Crippen LogP contribution in [0.1, 0.15) is 31.1 Å². The number of nitrogens with one attached hydrogen (secondary N) is 2. The Bertz CT molecular complexity index is 1120. The molecular formula is C19H21N5O5S. The molecular weight excluding hydrogens is 410 g/mol. The number of anilines is 1. The fourth-order valence-electron chi connectivity index (χ4n) is 3.22. The molecule has 1 saturated carbocycles. The molecule has 11 heteroatoms. The maximum absolute atomic E-state index is 12.7. The van der Waals surface area contributed by atoms with Crippen LogP contribution >= 0.6 is 0 Å². The van der Waals surface area contributed by atoms with Crippen molar-refractivity contribution in [2.24, 2.45) is 4.99 Å². The highest BCUT2D eigenvalue weighted by molar-refractivity contribution is 7.86. The van der Waals surface area contributed by atoms with Crippen LogP contribution in [0.4, 0.5) is 10.6 Å². The van der Waals surface area contributed by atoms with E-state index in [1.165, 1.54) is 6.08 Å². The lowest BCUT2D eigenvalue weighted by molar-refractivity contribution is 0.243. The Morgan fingerprint density at radius 2 is 2.17 bits per heavy atom. The van der Waals surface area contributed by atoms with Gasteiger partial charge < -0.3 is 9.84 Å². The Morgan fingerprint density at radius 1 is 1.37 bits per heavy atom. The molecule has 30 heavy (non-hydrogen) atoms. The molecule has 2 amide bonds. The molecule has 4 rings (SSSR count). The number of amides is 2. The number of nitrogens with zero attached hydrogens (tertiary/aromatic N) is 3. The SMILES string of the molecule is CC1(c2cc(NC(=O)NC3(c4cccnc4)C=CC(CS(=O)(=O)O)=NC3)no2)CC1. The Hall–Kier alpha value is -3.05. The van der Waals surface area contributed by atoms with Gasteiger partial charge in [0.05, 0.1) is 12.3 Å². The number of dihydropyridines is 1. The van der Waals surface area contributed by atoms with Crippen molar-refractivity contribution < 1.29 is 22.3 Å². The average Bonchev–Trinajstić information content (AvgIpc) is 3.26. The third-order valence-electron chi connectivity index (χ3n) is 5.28. The average molecular weight is 431 g/mol. The molecule has 1 unspecified atom stereocenters. The van der Waals surface area contributed by atoms with Crippen LogP contribution in [0.2, 0.25) is 0 Å². The summed E-state index contributed by atoms with van der Waals surface area (Å²) in [6.45, 7) is 2.11. The Morgan fingerprint density at radius 3 is 2.77 bits per heavy atom. The third-order valence-corrected chi connectivity index (χ3v) is 5.94. The van der Waals surface area contributed by atoms with Crippen molar-refractivity contribution >= 4 is 27.7 Å². The van der Waals surface area contributed by atoms with Gasteiger partial charge in [-0.3, -0.25) is 19.8 Å². The molecule has 0 bridgehead atoms. The quantitative estimate of drug-likeness (QED) is 0.593. The van der Waals surface area contributed by atoms with Crippen LogP contribution in [0.15, 0.2) is 52.3 Å². The Labute approximate surface area is 173 Å². The molecule has 0 radical (unpaired) electrons. The lowest BCUT2D eigenvalue weighted by Crippen LogP contribution is -2.50. The van der Waals surface area contributed by atoms with E-state index in [0.717, 1.165) is 18.6 Å². The van der Waals surface area contributed by atoms with Gasteiger partial charge in [-0.1, -0.05) is 24.2 Å². The summed E-state index contributed by atoms with van der Waals surface area (Å²) in [5.74, 6) is 0.434. The number of allylic oxidation sites excluding steroid dienone is 1. The fourth-order valence-corrected chi connectivity index (χ4v) is 3.78. The number of hydrogen-bond acceptors (Lipinski definition) is 7. The van der Waals surface area contributed by atoms with Crippen molar-refractivity contribution in [1.82, 2.24) is 15.5 Å². The second-order valence-electron chi connectivity index (χ2n) is 7.80. The number of rotatable bonds is 6. The van der Waals surface area contributed by atoms with Gasteiger partial charge in [0.2, 0.25) is 0 Å². The zero-order chi connectivity index (χ0) is 21.4. The highest BCUT2D eigenvalue weighted by atomic mass is 32.2. The van der Waals surface area contributed by atoms with Crippen molar-refractivity contribution in [3.63, 3.8) is 0 Å². The highest BCUT2D eigenvalue weighted by Gasteiger charge is 2.43. The zero-order valence-electron chi connectivity index (χ0n) is 16.2. The van der Waals surface area contributed by atoms with Crippen LogP contribution < -0.4 is 10.6 Å². The van der Waals surface area contributed by atoms with Crippen molar-refractivity contribution in [1.29, 1.82) is 0 Å². The van der Waals surface area contributed by atoms with Gasteiger partial charge in [0, 0.05) is 29.4 Å². The third kappa shape index (κ3) is 4.41. The molecule has 3 heterocycles. The molecule has 1 aliphatic carbocycles. The summed E-state index contributed by atoms with van der Waals surface area (Å²) < 4.78 is 36.6. The van der Waals surface area contributed by atoms with E-state index < -0.39 is 27.4 Å². The number of urea groups is 1. The lowest BCUT2D eigenvalue weighted by Gasteiger charge is -2.32. The maximum atomic E-state index is 12.7. The largest absolute Gasteiger partial charge is 0.359 e. The van der Waals surface area contributed by atoms with Crippen LogP contribution in [0, 0.1) is 0 Å². The molecule has 2 aromatic rings. The predicted molar refractivity (Wildman–Crippen MR) is 109 cm³/mol. The van der Waals surface area contributed by atoms with Crippen molar-refractivity contribution in [3.8, 4) is 0 Å². The molecule has 10 nitrogen and oxygen atoms in total. The van der Waals surface area contributed by atoms with E-state index in [-0.39, 0.29) is 17.7 Å². The minimum absolute atomic E-state index is 0.00932. The van der Waals surface area contributed by atoms with Gasteiger partial charge in [-0.15, -0.1) is 0 Å². The first kappa shape index (κ1) is 20.2. The lowest BCUT2D eigenvalue weighted by atomic mass is 9.88. The van der Waals surface area contributed by atoms with E-state index in [0.29, 0.717) is 11.4 Å². The first-order chi connectivity index (χ1) is 14.2. The summed E-state index contributed by atoms with van der Waals surface area (Å²) in [6, 6.07) is 4.69. The number of carbonyl (C=O) groups excluding carboxylic acids is 1. The standard InChI is InChI=1S/C19H21N5O5S/c1-18(6-7-18)15-9-16(24-29-15)22-17(25)23-19(13-3-2-8-20-10-13)5-4-14(21-12-19)11-30(26,27)28/h2-5,8-10H,6-7,11-12H2,1H3,(H,26,27,28)(H2,22,23,24,25). The van der Waals surface area contributed by atoms with Gasteiger partial charge in [-0.2, -0.15) is 8.42 Å². The monoisotopic (exact) mass is 431 g/mol. The predicted octanol–water partition coefficient (Wildman–Crippen LogP) is 2.04. The maximum Gasteiger partial charge on any atom is 0.321 e. The van der Waals surface area contributed by atoms with E-state index in [9.17, 15) is 13.2 Å². The molecule has 1 atom stereocenters. The number of aliphatic imine (C=N–C) groups is 1. The second kappa shape index (κ2) is 7.33. The molecule has 1 aliphatic heterocycles. The highest BCUT2D eigenvalue weighted by Crippen LogP contribution is 2.48. The van der Waals surface area contributed by atoms with Crippen molar-refractivity contribution in [2.45, 2.75) is 30.7 Å². The zero-order valence-corrected chi connectivity index (χ0v) is 17.0. The van der Waals surface area contributed by atoms with E-state index in [4.69, 9.17) is 9.08 Å². The molecule has 0 aromatic carbocycles. The fraction of sp³-hybridized carbons (Fsp3) is 0.368. The number of aromatic nitrogens is 2. The molecule has 158 valence electrons. The summed E-state index contributed by atoms with van der Waals surface area (Å²) in [4.78, 5) is 21.0. The van der Waals surface area contributed by atoms with Gasteiger partial charge in [0.25, 0.3) is 10.1 Å². The normalized spacial score (nSPS) is 22.3. The summed E-state index contributed by atoms with van der Waals surface area (Å²) in [5, 5.41) is 9.43. The first-order valence-corrected chi connectivity index (χ1v) is 10.9. The minimum atomic E-state index is -4.21. The molecule has 2 aromatic heterocycles. The summed E-state index contributed by atoms with van der Waals surface area (Å²) in [6.07, 6.45) is 8.34. The molecule has 0 spiro atoms. The van der Waals surface area contributed by atoms with E-state index in [2.05, 4.69) is 32.7 Å². The minimum Gasteiger partial charge on any atom is -0.359 e. The van der Waals surface area contributed by atoms with Gasteiger partial charge in [0.1, 0.15) is 17.1 Å². The smallest absolute Gasteiger partial charge is 0.321 e. The van der Waals surface area contributed by atoms with Crippen molar-refractivity contribution in [2.75, 3.05) is 17.6 Å². The van der Waals surface area contributed by atoms with Gasteiger partial charge in [0.15, 0.2) is 5.82 Å². The first-order valence-electron chi connectivity index (χ1n) is 9.32. The number of carbonyl (C=O) groups is 1. The Kier molecular flexibility index (Phi) is 4.94. The Balaban J connectivity index is 1.52. The van der Waals surface area contributed by atoms with Crippen LogP contribution in [0.3, 0.4) is 0 Å². The molecule has 2 aliphatic rings. The van der Waals surface area contributed by atoms with Gasteiger partial charge >= 0.3 is 6.03 Å². The molecule has 0 saturated heterocycles. The van der Waals surface area contributed by atoms with Gasteiger partial charge in [-0.05, 0) is 25.0 Å². The van der Waals surface area contributed by atoms with Crippen LogP contribution in [0.5, 0.6) is 0 Å². The summed E-state index contributed by atoms with van der Waals surface area (Å²) in [5.41, 5.74) is -0.198. The van der Waals surface area contributed by atoms with Crippen LogP contribution in [-0.2, 0) is 21.1 Å². The topological polar surface area (TPSA) is 147 Å². The molecule has 1 fully saturated rings. The summed E-state index contributed by atoms with van der Waals surface area (Å²) >= 11 is 0. The van der Waals surface area contributed by atoms with Gasteiger partial charge in [-0.25, -0.2) is 4.79 Å². The summed E-state index contributed by atoms with van der Waals surface area (Å²) in [7, 11) is -4.21. The van der Waals surface area contributed by atoms with E-state index >= 15 is 0 Å². The molecule has 3 N–H and O–H groups in total. The number of hydrogen-bond donors (Lipinski definition) is 3. The second-order valence-corrected chi connectivity index (χ2v) is 9.25.